The summed E-state index contributed by atoms with van der Waals surface area (Å²) in [7, 11) is 0. The maximum Gasteiger partial charge on any atom is 0.0450 e. The summed E-state index contributed by atoms with van der Waals surface area (Å²) >= 11 is 15.8. The molecule has 0 radical (unpaired) electrons. The first-order valence-electron chi connectivity index (χ1n) is 4.77. The van der Waals surface area contributed by atoms with Gasteiger partial charge in [-0.15, -0.1) is 0 Å². The van der Waals surface area contributed by atoms with E-state index in [1.165, 1.54) is 19.3 Å². The number of hydrogen-bond donors (Lipinski definition) is 0. The van der Waals surface area contributed by atoms with Crippen molar-refractivity contribution in [1.29, 1.82) is 0 Å². The summed E-state index contributed by atoms with van der Waals surface area (Å²) in [6.07, 6.45) is 3.92. The third-order valence-electron chi connectivity index (χ3n) is 2.82. The Morgan fingerprint density at radius 2 is 2.00 bits per heavy atom. The van der Waals surface area contributed by atoms with E-state index in [-0.39, 0.29) is 0 Å². The molecule has 0 amide bonds. The summed E-state index contributed by atoms with van der Waals surface area (Å²) in [5.41, 5.74) is 1.13. The molecule has 0 spiro atoms. The van der Waals surface area contributed by atoms with Crippen LogP contribution in [-0.2, 0) is 0 Å². The normalized spacial score (nSPS) is 19.1. The van der Waals surface area contributed by atoms with E-state index in [4.69, 9.17) is 23.2 Å². The van der Waals surface area contributed by atoms with Gasteiger partial charge < -0.3 is 0 Å². The minimum Gasteiger partial charge on any atom is -0.0843 e. The zero-order valence-electron chi connectivity index (χ0n) is 7.64. The summed E-state index contributed by atoms with van der Waals surface area (Å²) in [5.74, 6) is 0.728. The molecular formula is C11H11BrCl2. The van der Waals surface area contributed by atoms with Crippen molar-refractivity contribution in [3.8, 4) is 0 Å². The molecule has 0 saturated heterocycles. The van der Waals surface area contributed by atoms with E-state index in [1.807, 2.05) is 18.2 Å². The van der Waals surface area contributed by atoms with Crippen molar-refractivity contribution in [2.75, 3.05) is 0 Å². The van der Waals surface area contributed by atoms with Crippen molar-refractivity contribution in [1.82, 2.24) is 0 Å². The first kappa shape index (κ1) is 10.8. The molecule has 1 atom stereocenters. The first-order chi connectivity index (χ1) is 6.68. The number of hydrogen-bond acceptors (Lipinski definition) is 0. The molecule has 1 unspecified atom stereocenters. The number of benzene rings is 1. The molecule has 0 heterocycles. The molecule has 1 aliphatic carbocycles. The fourth-order valence-corrected chi connectivity index (χ4v) is 3.17. The summed E-state index contributed by atoms with van der Waals surface area (Å²) in [5, 5.41) is 1.57. The minimum absolute atomic E-state index is 0.363. The lowest BCUT2D eigenvalue weighted by Gasteiger charge is -2.30. The van der Waals surface area contributed by atoms with E-state index in [0.717, 1.165) is 21.5 Å². The van der Waals surface area contributed by atoms with E-state index in [1.54, 1.807) is 0 Å². The Balaban J connectivity index is 2.24. The van der Waals surface area contributed by atoms with Crippen molar-refractivity contribution >= 4 is 39.1 Å². The van der Waals surface area contributed by atoms with Gasteiger partial charge in [-0.3, -0.25) is 0 Å². The van der Waals surface area contributed by atoms with Crippen molar-refractivity contribution in [3.63, 3.8) is 0 Å². The van der Waals surface area contributed by atoms with Gasteiger partial charge in [-0.1, -0.05) is 45.6 Å². The molecule has 0 N–H and O–H groups in total. The fraction of sp³-hybridized carbons (Fsp3) is 0.455. The highest BCUT2D eigenvalue weighted by Gasteiger charge is 2.27. The molecule has 3 heteroatoms. The standard InChI is InChI=1S/C11H11BrCl2/c12-11(7-2-1-3-7)9-6-8(13)4-5-10(9)14/h4-7,11H,1-3H2. The van der Waals surface area contributed by atoms with Gasteiger partial charge in [0.1, 0.15) is 0 Å². The largest absolute Gasteiger partial charge is 0.0843 e. The molecule has 0 nitrogen and oxygen atoms in total. The molecule has 1 aliphatic rings. The van der Waals surface area contributed by atoms with Gasteiger partial charge in [0, 0.05) is 14.9 Å². The van der Waals surface area contributed by atoms with Gasteiger partial charge in [0.15, 0.2) is 0 Å². The van der Waals surface area contributed by atoms with Crippen LogP contribution in [0.3, 0.4) is 0 Å². The molecule has 0 bridgehead atoms. The zero-order valence-corrected chi connectivity index (χ0v) is 10.7. The predicted octanol–water partition coefficient (Wildman–Crippen LogP) is 5.23. The third-order valence-corrected chi connectivity index (χ3v) is 4.64. The Hall–Kier alpha value is 0.280. The number of rotatable bonds is 2. The SMILES string of the molecule is Clc1ccc(Cl)c(C(Br)C2CCC2)c1. The van der Waals surface area contributed by atoms with Crippen molar-refractivity contribution < 1.29 is 0 Å². The number of alkyl halides is 1. The average Bonchev–Trinajstić information content (AvgIpc) is 2.06. The molecule has 14 heavy (non-hydrogen) atoms. The van der Waals surface area contributed by atoms with Crippen LogP contribution >= 0.6 is 39.1 Å². The van der Waals surface area contributed by atoms with Gasteiger partial charge >= 0.3 is 0 Å². The second kappa shape index (κ2) is 4.42. The molecule has 1 aromatic rings. The summed E-state index contributed by atoms with van der Waals surface area (Å²) in [6.45, 7) is 0. The molecule has 2 rings (SSSR count). The van der Waals surface area contributed by atoms with Crippen molar-refractivity contribution in [2.45, 2.75) is 24.1 Å². The highest BCUT2D eigenvalue weighted by molar-refractivity contribution is 9.09. The highest BCUT2D eigenvalue weighted by atomic mass is 79.9. The smallest absolute Gasteiger partial charge is 0.0450 e. The Bertz CT molecular complexity index is 334. The number of halogens is 3. The van der Waals surface area contributed by atoms with Crippen LogP contribution in [0.5, 0.6) is 0 Å². The maximum atomic E-state index is 6.13. The van der Waals surface area contributed by atoms with E-state index in [0.29, 0.717) is 4.83 Å². The van der Waals surface area contributed by atoms with Gasteiger partial charge in [-0.05, 0) is 42.5 Å². The maximum absolute atomic E-state index is 6.13. The Morgan fingerprint density at radius 1 is 1.29 bits per heavy atom. The molecule has 1 aromatic carbocycles. The predicted molar refractivity (Wildman–Crippen MR) is 65.5 cm³/mol. The Morgan fingerprint density at radius 3 is 2.57 bits per heavy atom. The molecule has 1 saturated carbocycles. The molecule has 1 fully saturated rings. The Kier molecular flexibility index (Phi) is 3.41. The lowest BCUT2D eigenvalue weighted by molar-refractivity contribution is 0.312. The zero-order chi connectivity index (χ0) is 10.1. The van der Waals surface area contributed by atoms with Crippen LogP contribution in [0, 0.1) is 5.92 Å². The van der Waals surface area contributed by atoms with Gasteiger partial charge in [0.2, 0.25) is 0 Å². The topological polar surface area (TPSA) is 0 Å². The summed E-state index contributed by atoms with van der Waals surface area (Å²) in [6, 6.07) is 5.65. The monoisotopic (exact) mass is 292 g/mol. The lowest BCUT2D eigenvalue weighted by Crippen LogP contribution is -2.16. The van der Waals surface area contributed by atoms with E-state index in [2.05, 4.69) is 15.9 Å². The molecule has 76 valence electrons. The summed E-state index contributed by atoms with van der Waals surface area (Å²) < 4.78 is 0. The van der Waals surface area contributed by atoms with Crippen LogP contribution in [0.25, 0.3) is 0 Å². The van der Waals surface area contributed by atoms with E-state index >= 15 is 0 Å². The van der Waals surface area contributed by atoms with Gasteiger partial charge in [-0.25, -0.2) is 0 Å². The van der Waals surface area contributed by atoms with Crippen molar-refractivity contribution in [2.24, 2.45) is 5.92 Å². The van der Waals surface area contributed by atoms with Crippen LogP contribution in [0.2, 0.25) is 10.0 Å². The fourth-order valence-electron chi connectivity index (χ4n) is 1.71. The molecule has 0 aromatic heterocycles. The lowest BCUT2D eigenvalue weighted by atomic mass is 9.81. The van der Waals surface area contributed by atoms with Crippen LogP contribution in [0.1, 0.15) is 29.7 Å². The van der Waals surface area contributed by atoms with Crippen LogP contribution < -0.4 is 0 Å². The van der Waals surface area contributed by atoms with Gasteiger partial charge in [0.05, 0.1) is 0 Å². The minimum atomic E-state index is 0.363. The van der Waals surface area contributed by atoms with Crippen LogP contribution in [-0.4, -0.2) is 0 Å². The van der Waals surface area contributed by atoms with E-state index < -0.39 is 0 Å². The van der Waals surface area contributed by atoms with Crippen molar-refractivity contribution in [3.05, 3.63) is 33.8 Å². The van der Waals surface area contributed by atoms with Gasteiger partial charge in [-0.2, -0.15) is 0 Å². The van der Waals surface area contributed by atoms with Crippen LogP contribution in [0.4, 0.5) is 0 Å². The second-order valence-electron chi connectivity index (χ2n) is 3.76. The Labute approximate surface area is 103 Å². The van der Waals surface area contributed by atoms with Gasteiger partial charge in [0.25, 0.3) is 0 Å². The summed E-state index contributed by atoms with van der Waals surface area (Å²) in [4.78, 5) is 0.363. The third kappa shape index (κ3) is 2.10. The van der Waals surface area contributed by atoms with E-state index in [9.17, 15) is 0 Å². The first-order valence-corrected chi connectivity index (χ1v) is 6.44. The quantitative estimate of drug-likeness (QED) is 0.655. The molecule has 0 aliphatic heterocycles. The van der Waals surface area contributed by atoms with Crippen LogP contribution in [0.15, 0.2) is 18.2 Å². The average molecular weight is 294 g/mol. The second-order valence-corrected chi connectivity index (χ2v) is 5.59. The highest BCUT2D eigenvalue weighted by Crippen LogP contribution is 2.45. The molecular weight excluding hydrogens is 283 g/mol.